The van der Waals surface area contributed by atoms with Crippen LogP contribution < -0.4 is 11.1 Å². The number of hydrogen-bond donors (Lipinski definition) is 2. The monoisotopic (exact) mass is 420 g/mol. The maximum Gasteiger partial charge on any atom is 0.137 e. The average Bonchev–Trinajstić information content (AvgIpc) is 2.43. The van der Waals surface area contributed by atoms with Gasteiger partial charge in [-0.05, 0) is 67.8 Å². The Balaban J connectivity index is 2.23. The van der Waals surface area contributed by atoms with Gasteiger partial charge in [0.15, 0.2) is 0 Å². The highest BCUT2D eigenvalue weighted by Gasteiger charge is 2.12. The number of nitrogens with one attached hydrogen (secondary N) is 1. The molecule has 0 bridgehead atoms. The fraction of sp³-hybridized carbons (Fsp3) is 0.143. The number of anilines is 1. The summed E-state index contributed by atoms with van der Waals surface area (Å²) in [5, 5.41) is 3.90. The van der Waals surface area contributed by atoms with Crippen molar-refractivity contribution in [3.8, 4) is 0 Å². The number of rotatable bonds is 4. The van der Waals surface area contributed by atoms with E-state index in [4.69, 9.17) is 17.3 Å². The van der Waals surface area contributed by atoms with Crippen LogP contribution in [0.2, 0.25) is 5.02 Å². The lowest BCUT2D eigenvalue weighted by Gasteiger charge is -2.19. The van der Waals surface area contributed by atoms with Gasteiger partial charge >= 0.3 is 0 Å². The van der Waals surface area contributed by atoms with Gasteiger partial charge in [-0.2, -0.15) is 0 Å². The van der Waals surface area contributed by atoms with Gasteiger partial charge in [0.1, 0.15) is 5.82 Å². The first-order valence-electron chi connectivity index (χ1n) is 5.88. The molecule has 0 aliphatic rings. The van der Waals surface area contributed by atoms with E-state index < -0.39 is 0 Å². The molecule has 1 atom stereocenters. The Hall–Kier alpha value is -0.620. The third-order valence-corrected chi connectivity index (χ3v) is 4.70. The molecule has 2 aromatic rings. The molecule has 0 aliphatic carbocycles. The van der Waals surface area contributed by atoms with Crippen molar-refractivity contribution >= 4 is 49.1 Å². The maximum atomic E-state index is 13.6. The lowest BCUT2D eigenvalue weighted by molar-refractivity contribution is 0.615. The second kappa shape index (κ2) is 6.89. The zero-order valence-electron chi connectivity index (χ0n) is 10.3. The van der Waals surface area contributed by atoms with Crippen LogP contribution in [0, 0.1) is 5.82 Å². The van der Waals surface area contributed by atoms with Crippen molar-refractivity contribution in [1.82, 2.24) is 0 Å². The molecule has 2 rings (SSSR count). The highest BCUT2D eigenvalue weighted by molar-refractivity contribution is 9.10. The van der Waals surface area contributed by atoms with E-state index in [9.17, 15) is 4.39 Å². The zero-order valence-corrected chi connectivity index (χ0v) is 14.3. The molecule has 2 nitrogen and oxygen atoms in total. The maximum absolute atomic E-state index is 13.6. The first-order chi connectivity index (χ1) is 9.51. The molecule has 0 amide bonds. The zero-order chi connectivity index (χ0) is 14.7. The third-order valence-electron chi connectivity index (χ3n) is 2.84. The molecule has 20 heavy (non-hydrogen) atoms. The molecule has 0 radical (unpaired) electrons. The van der Waals surface area contributed by atoms with Crippen LogP contribution in [0.5, 0.6) is 0 Å². The van der Waals surface area contributed by atoms with E-state index in [1.165, 1.54) is 6.07 Å². The van der Waals surface area contributed by atoms with Gasteiger partial charge in [0.2, 0.25) is 0 Å². The number of nitrogens with two attached hydrogens (primary N) is 1. The molecule has 0 saturated heterocycles. The molecule has 0 spiro atoms. The summed E-state index contributed by atoms with van der Waals surface area (Å²) in [6.07, 6.45) is 0. The van der Waals surface area contributed by atoms with Crippen molar-refractivity contribution in [3.63, 3.8) is 0 Å². The van der Waals surface area contributed by atoms with Crippen LogP contribution in [0.4, 0.5) is 10.1 Å². The second-order valence-corrected chi connectivity index (χ2v) is 6.35. The van der Waals surface area contributed by atoms with Gasteiger partial charge < -0.3 is 11.1 Å². The Bertz CT molecular complexity index is 622. The first kappa shape index (κ1) is 15.8. The van der Waals surface area contributed by atoms with Crippen LogP contribution in [0.1, 0.15) is 11.6 Å². The topological polar surface area (TPSA) is 38.0 Å². The van der Waals surface area contributed by atoms with E-state index in [0.29, 0.717) is 16.0 Å². The SMILES string of the molecule is NCC(Nc1ccc(Cl)c(Br)c1)c1ccc(Br)c(F)c1. The van der Waals surface area contributed by atoms with Crippen molar-refractivity contribution in [2.24, 2.45) is 5.73 Å². The van der Waals surface area contributed by atoms with E-state index in [2.05, 4.69) is 37.2 Å². The summed E-state index contributed by atoms with van der Waals surface area (Å²) in [4.78, 5) is 0. The lowest BCUT2D eigenvalue weighted by Crippen LogP contribution is -2.20. The number of benzene rings is 2. The first-order valence-corrected chi connectivity index (χ1v) is 7.84. The molecule has 0 fully saturated rings. The standard InChI is InChI=1S/C14H12Br2ClFN2/c15-10-3-1-8(5-13(10)18)14(7-19)20-9-2-4-12(17)11(16)6-9/h1-6,14,20H,7,19H2. The molecule has 6 heteroatoms. The van der Waals surface area contributed by atoms with Crippen LogP contribution in [-0.4, -0.2) is 6.54 Å². The van der Waals surface area contributed by atoms with Gasteiger partial charge in [-0.3, -0.25) is 0 Å². The van der Waals surface area contributed by atoms with E-state index in [0.717, 1.165) is 15.7 Å². The van der Waals surface area contributed by atoms with Crippen LogP contribution in [0.3, 0.4) is 0 Å². The minimum absolute atomic E-state index is 0.175. The Morgan fingerprint density at radius 3 is 2.50 bits per heavy atom. The normalized spacial score (nSPS) is 12.2. The van der Waals surface area contributed by atoms with Gasteiger partial charge in [0.05, 0.1) is 15.5 Å². The molecule has 0 heterocycles. The summed E-state index contributed by atoms with van der Waals surface area (Å²) < 4.78 is 14.8. The van der Waals surface area contributed by atoms with Crippen molar-refractivity contribution in [2.75, 3.05) is 11.9 Å². The Morgan fingerprint density at radius 1 is 1.15 bits per heavy atom. The van der Waals surface area contributed by atoms with Crippen LogP contribution >= 0.6 is 43.5 Å². The molecular formula is C14H12Br2ClFN2. The van der Waals surface area contributed by atoms with Crippen LogP contribution in [0.25, 0.3) is 0 Å². The second-order valence-electron chi connectivity index (χ2n) is 4.24. The molecular weight excluding hydrogens is 410 g/mol. The Morgan fingerprint density at radius 2 is 1.90 bits per heavy atom. The quantitative estimate of drug-likeness (QED) is 0.718. The Labute approximate surface area is 138 Å². The van der Waals surface area contributed by atoms with Gasteiger partial charge in [0, 0.05) is 16.7 Å². The third kappa shape index (κ3) is 3.73. The molecule has 106 valence electrons. The van der Waals surface area contributed by atoms with Crippen LogP contribution in [-0.2, 0) is 0 Å². The molecule has 0 aromatic heterocycles. The van der Waals surface area contributed by atoms with E-state index in [-0.39, 0.29) is 11.9 Å². The van der Waals surface area contributed by atoms with E-state index >= 15 is 0 Å². The minimum atomic E-state index is -0.306. The molecule has 0 aliphatic heterocycles. The summed E-state index contributed by atoms with van der Waals surface area (Å²) in [6.45, 7) is 0.349. The molecule has 0 saturated carbocycles. The van der Waals surface area contributed by atoms with Crippen molar-refractivity contribution in [1.29, 1.82) is 0 Å². The fourth-order valence-electron chi connectivity index (χ4n) is 1.79. The number of halogens is 4. The summed E-state index contributed by atoms with van der Waals surface area (Å²) in [5.74, 6) is -0.306. The minimum Gasteiger partial charge on any atom is -0.377 e. The average molecular weight is 423 g/mol. The molecule has 2 aromatic carbocycles. The van der Waals surface area contributed by atoms with Crippen molar-refractivity contribution in [3.05, 3.63) is 61.7 Å². The predicted molar refractivity (Wildman–Crippen MR) is 88.7 cm³/mol. The smallest absolute Gasteiger partial charge is 0.137 e. The van der Waals surface area contributed by atoms with E-state index in [1.807, 2.05) is 18.2 Å². The summed E-state index contributed by atoms with van der Waals surface area (Å²) >= 11 is 12.5. The summed E-state index contributed by atoms with van der Waals surface area (Å²) in [7, 11) is 0. The van der Waals surface area contributed by atoms with Crippen molar-refractivity contribution in [2.45, 2.75) is 6.04 Å². The lowest BCUT2D eigenvalue weighted by atomic mass is 10.1. The van der Waals surface area contributed by atoms with E-state index in [1.54, 1.807) is 12.1 Å². The van der Waals surface area contributed by atoms with Gasteiger partial charge in [0.25, 0.3) is 0 Å². The van der Waals surface area contributed by atoms with Gasteiger partial charge in [-0.1, -0.05) is 17.7 Å². The highest BCUT2D eigenvalue weighted by Crippen LogP contribution is 2.28. The van der Waals surface area contributed by atoms with Gasteiger partial charge in [-0.25, -0.2) is 4.39 Å². The van der Waals surface area contributed by atoms with Crippen LogP contribution in [0.15, 0.2) is 45.3 Å². The van der Waals surface area contributed by atoms with Gasteiger partial charge in [-0.15, -0.1) is 0 Å². The molecule has 1 unspecified atom stereocenters. The Kier molecular flexibility index (Phi) is 5.43. The number of hydrogen-bond acceptors (Lipinski definition) is 2. The molecule has 3 N–H and O–H groups in total. The fourth-order valence-corrected chi connectivity index (χ4v) is 2.54. The highest BCUT2D eigenvalue weighted by atomic mass is 79.9. The summed E-state index contributed by atoms with van der Waals surface area (Å²) in [6, 6.07) is 10.3. The summed E-state index contributed by atoms with van der Waals surface area (Å²) in [5.41, 5.74) is 7.43. The van der Waals surface area contributed by atoms with Crippen molar-refractivity contribution < 1.29 is 4.39 Å². The largest absolute Gasteiger partial charge is 0.377 e. The predicted octanol–water partition coefficient (Wildman–Crippen LogP) is 5.12.